The minimum Gasteiger partial charge on any atom is -0.297 e. The summed E-state index contributed by atoms with van der Waals surface area (Å²) in [4.78, 5) is 17.3. The standard InChI is InChI=1S/C14H12N2OS2/c1-8-3-4-10-11(7-8)19-14(15-10)16-13(17)12-9(2)5-6-18-12/h3-7H,1-2H3,(H,15,16,17). The summed E-state index contributed by atoms with van der Waals surface area (Å²) in [5, 5.41) is 5.45. The van der Waals surface area contributed by atoms with Crippen molar-refractivity contribution in [2.75, 3.05) is 5.32 Å². The van der Waals surface area contributed by atoms with Crippen LogP contribution in [0, 0.1) is 13.8 Å². The summed E-state index contributed by atoms with van der Waals surface area (Å²) in [6.07, 6.45) is 0. The SMILES string of the molecule is Cc1ccc2nc(NC(=O)c3sccc3C)sc2c1. The van der Waals surface area contributed by atoms with Gasteiger partial charge in [0.15, 0.2) is 5.13 Å². The summed E-state index contributed by atoms with van der Waals surface area (Å²) >= 11 is 2.96. The van der Waals surface area contributed by atoms with Gasteiger partial charge in [0, 0.05) is 0 Å². The molecule has 0 unspecified atom stereocenters. The zero-order valence-corrected chi connectivity index (χ0v) is 12.2. The minimum atomic E-state index is -0.0803. The van der Waals surface area contributed by atoms with Gasteiger partial charge in [0.1, 0.15) is 0 Å². The number of thiazole rings is 1. The second-order valence-electron chi connectivity index (χ2n) is 4.38. The van der Waals surface area contributed by atoms with Gasteiger partial charge in [-0.15, -0.1) is 11.3 Å². The van der Waals surface area contributed by atoms with Gasteiger partial charge in [-0.05, 0) is 48.6 Å². The molecule has 19 heavy (non-hydrogen) atoms. The number of hydrogen-bond acceptors (Lipinski definition) is 4. The monoisotopic (exact) mass is 288 g/mol. The molecule has 5 heteroatoms. The Hall–Kier alpha value is -1.72. The van der Waals surface area contributed by atoms with Gasteiger partial charge in [0.05, 0.1) is 15.1 Å². The first-order valence-electron chi connectivity index (χ1n) is 5.86. The van der Waals surface area contributed by atoms with Gasteiger partial charge in [0.2, 0.25) is 0 Å². The molecule has 0 fully saturated rings. The van der Waals surface area contributed by atoms with Gasteiger partial charge in [-0.1, -0.05) is 17.4 Å². The van der Waals surface area contributed by atoms with Crippen LogP contribution in [0.5, 0.6) is 0 Å². The number of carbonyl (C=O) groups excluding carboxylic acids is 1. The molecule has 0 saturated carbocycles. The third kappa shape index (κ3) is 2.39. The lowest BCUT2D eigenvalue weighted by Crippen LogP contribution is -2.10. The molecule has 0 aliphatic carbocycles. The van der Waals surface area contributed by atoms with Crippen LogP contribution in [-0.4, -0.2) is 10.9 Å². The van der Waals surface area contributed by atoms with E-state index in [1.54, 1.807) is 0 Å². The number of fused-ring (bicyclic) bond motifs is 1. The van der Waals surface area contributed by atoms with E-state index in [2.05, 4.69) is 16.4 Å². The summed E-state index contributed by atoms with van der Waals surface area (Å²) in [6, 6.07) is 8.03. The third-order valence-corrected chi connectivity index (χ3v) is 4.78. The fourth-order valence-electron chi connectivity index (χ4n) is 1.84. The lowest BCUT2D eigenvalue weighted by Gasteiger charge is -1.99. The number of carbonyl (C=O) groups is 1. The minimum absolute atomic E-state index is 0.0803. The number of thiophene rings is 1. The van der Waals surface area contributed by atoms with E-state index in [1.807, 2.05) is 37.4 Å². The molecule has 2 aromatic heterocycles. The van der Waals surface area contributed by atoms with E-state index in [1.165, 1.54) is 28.2 Å². The quantitative estimate of drug-likeness (QED) is 0.767. The van der Waals surface area contributed by atoms with Crippen LogP contribution in [0.4, 0.5) is 5.13 Å². The molecular formula is C14H12N2OS2. The molecule has 0 radical (unpaired) electrons. The summed E-state index contributed by atoms with van der Waals surface area (Å²) in [6.45, 7) is 3.99. The zero-order valence-electron chi connectivity index (χ0n) is 10.6. The van der Waals surface area contributed by atoms with Crippen molar-refractivity contribution < 1.29 is 4.79 Å². The molecule has 3 aromatic rings. The normalized spacial score (nSPS) is 10.8. The number of nitrogens with one attached hydrogen (secondary N) is 1. The zero-order chi connectivity index (χ0) is 13.4. The molecule has 1 aromatic carbocycles. The highest BCUT2D eigenvalue weighted by Crippen LogP contribution is 2.27. The van der Waals surface area contributed by atoms with Crippen molar-refractivity contribution in [2.24, 2.45) is 0 Å². The smallest absolute Gasteiger partial charge is 0.267 e. The van der Waals surface area contributed by atoms with Gasteiger partial charge in [-0.25, -0.2) is 4.98 Å². The number of hydrogen-bond donors (Lipinski definition) is 1. The van der Waals surface area contributed by atoms with E-state index in [4.69, 9.17) is 0 Å². The molecule has 0 aliphatic heterocycles. The molecule has 0 bridgehead atoms. The number of anilines is 1. The van der Waals surface area contributed by atoms with Crippen molar-refractivity contribution in [3.8, 4) is 0 Å². The van der Waals surface area contributed by atoms with Crippen LogP contribution >= 0.6 is 22.7 Å². The van der Waals surface area contributed by atoms with E-state index in [0.717, 1.165) is 20.7 Å². The Morgan fingerprint density at radius 3 is 2.84 bits per heavy atom. The highest BCUT2D eigenvalue weighted by Gasteiger charge is 2.13. The van der Waals surface area contributed by atoms with Crippen molar-refractivity contribution >= 4 is 43.9 Å². The van der Waals surface area contributed by atoms with E-state index >= 15 is 0 Å². The van der Waals surface area contributed by atoms with Crippen LogP contribution in [0.25, 0.3) is 10.2 Å². The van der Waals surface area contributed by atoms with Gasteiger partial charge >= 0.3 is 0 Å². The Balaban J connectivity index is 1.89. The molecule has 3 nitrogen and oxygen atoms in total. The van der Waals surface area contributed by atoms with Gasteiger partial charge < -0.3 is 0 Å². The first-order valence-corrected chi connectivity index (χ1v) is 7.56. The van der Waals surface area contributed by atoms with Crippen LogP contribution < -0.4 is 5.32 Å². The number of amides is 1. The number of aryl methyl sites for hydroxylation is 2. The second-order valence-corrected chi connectivity index (χ2v) is 6.32. The Labute approximate surface area is 118 Å². The largest absolute Gasteiger partial charge is 0.297 e. The van der Waals surface area contributed by atoms with E-state index in [9.17, 15) is 4.79 Å². The van der Waals surface area contributed by atoms with Gasteiger partial charge in [-0.3, -0.25) is 10.1 Å². The first kappa shape index (κ1) is 12.3. The Morgan fingerprint density at radius 1 is 1.26 bits per heavy atom. The highest BCUT2D eigenvalue weighted by atomic mass is 32.1. The van der Waals surface area contributed by atoms with Crippen LogP contribution in [0.1, 0.15) is 20.8 Å². The van der Waals surface area contributed by atoms with Crippen LogP contribution in [0.3, 0.4) is 0 Å². The number of nitrogens with zero attached hydrogens (tertiary/aromatic N) is 1. The molecule has 3 rings (SSSR count). The van der Waals surface area contributed by atoms with Crippen LogP contribution in [-0.2, 0) is 0 Å². The predicted octanol–water partition coefficient (Wildman–Crippen LogP) is 4.23. The van der Waals surface area contributed by atoms with Crippen LogP contribution in [0.2, 0.25) is 0 Å². The summed E-state index contributed by atoms with van der Waals surface area (Å²) in [5.41, 5.74) is 3.12. The van der Waals surface area contributed by atoms with Crippen LogP contribution in [0.15, 0.2) is 29.6 Å². The second kappa shape index (κ2) is 4.75. The average Bonchev–Trinajstić information content (AvgIpc) is 2.94. The molecule has 0 spiro atoms. The molecule has 1 N–H and O–H groups in total. The van der Waals surface area contributed by atoms with E-state index < -0.39 is 0 Å². The number of rotatable bonds is 2. The van der Waals surface area contributed by atoms with Crippen molar-refractivity contribution in [3.63, 3.8) is 0 Å². The Morgan fingerprint density at radius 2 is 2.11 bits per heavy atom. The molecule has 2 heterocycles. The average molecular weight is 288 g/mol. The lowest BCUT2D eigenvalue weighted by atomic mass is 10.2. The summed E-state index contributed by atoms with van der Waals surface area (Å²) in [7, 11) is 0. The van der Waals surface area contributed by atoms with Gasteiger partial charge in [0.25, 0.3) is 5.91 Å². The molecule has 0 saturated heterocycles. The fourth-order valence-corrected chi connectivity index (χ4v) is 3.62. The molecule has 96 valence electrons. The maximum Gasteiger partial charge on any atom is 0.267 e. The first-order chi connectivity index (χ1) is 9.13. The molecule has 0 aliphatic rings. The van der Waals surface area contributed by atoms with Crippen molar-refractivity contribution in [3.05, 3.63) is 45.6 Å². The lowest BCUT2D eigenvalue weighted by molar-refractivity contribution is 0.103. The molecule has 0 atom stereocenters. The van der Waals surface area contributed by atoms with Gasteiger partial charge in [-0.2, -0.15) is 0 Å². The van der Waals surface area contributed by atoms with Crippen molar-refractivity contribution in [1.82, 2.24) is 4.98 Å². The third-order valence-electron chi connectivity index (χ3n) is 2.83. The molecular weight excluding hydrogens is 276 g/mol. The number of aromatic nitrogens is 1. The Kier molecular flexibility index (Phi) is 3.08. The summed E-state index contributed by atoms with van der Waals surface area (Å²) in [5.74, 6) is -0.0803. The maximum absolute atomic E-state index is 12.1. The van der Waals surface area contributed by atoms with Crippen molar-refractivity contribution in [2.45, 2.75) is 13.8 Å². The van der Waals surface area contributed by atoms with Crippen molar-refractivity contribution in [1.29, 1.82) is 0 Å². The highest BCUT2D eigenvalue weighted by molar-refractivity contribution is 7.22. The predicted molar refractivity (Wildman–Crippen MR) is 81.4 cm³/mol. The Bertz CT molecular complexity index is 758. The molecule has 1 amide bonds. The number of benzene rings is 1. The van der Waals surface area contributed by atoms with E-state index in [0.29, 0.717) is 5.13 Å². The fraction of sp³-hybridized carbons (Fsp3) is 0.143. The topological polar surface area (TPSA) is 42.0 Å². The maximum atomic E-state index is 12.1. The van der Waals surface area contributed by atoms with E-state index in [-0.39, 0.29) is 5.91 Å². The summed E-state index contributed by atoms with van der Waals surface area (Å²) < 4.78 is 1.10.